The molecule has 106 valence electrons. The van der Waals surface area contributed by atoms with E-state index in [0.717, 1.165) is 38.1 Å². The van der Waals surface area contributed by atoms with E-state index in [1.807, 2.05) is 0 Å². The highest BCUT2D eigenvalue weighted by Crippen LogP contribution is 2.34. The number of hydrogen-bond donors (Lipinski definition) is 1. The lowest BCUT2D eigenvalue weighted by atomic mass is 10.3. The first-order valence-corrected chi connectivity index (χ1v) is 7.82. The highest BCUT2D eigenvalue weighted by Gasteiger charge is 2.32. The normalized spacial score (nSPS) is 20.0. The summed E-state index contributed by atoms with van der Waals surface area (Å²) in [4.78, 5) is 2.72. The number of rotatable bonds is 11. The average Bonchev–Trinajstić information content (AvgIpc) is 3.17. The van der Waals surface area contributed by atoms with Crippen molar-refractivity contribution in [1.82, 2.24) is 10.2 Å². The zero-order valence-electron chi connectivity index (χ0n) is 12.2. The third-order valence-electron chi connectivity index (χ3n) is 3.78. The smallest absolute Gasteiger partial charge is 0.0518 e. The monoisotopic (exact) mass is 254 g/mol. The van der Waals surface area contributed by atoms with Crippen LogP contribution in [0.1, 0.15) is 46.0 Å². The third-order valence-corrected chi connectivity index (χ3v) is 3.78. The molecule has 0 amide bonds. The van der Waals surface area contributed by atoms with Crippen LogP contribution in [0.15, 0.2) is 0 Å². The SMILES string of the molecule is CC(C)OCCCNCCN(CC1CC1)C1CC1. The van der Waals surface area contributed by atoms with E-state index in [1.165, 1.54) is 38.8 Å². The molecule has 1 N–H and O–H groups in total. The van der Waals surface area contributed by atoms with Gasteiger partial charge in [-0.25, -0.2) is 0 Å². The Kier molecular flexibility index (Phi) is 5.93. The highest BCUT2D eigenvalue weighted by atomic mass is 16.5. The second-order valence-electron chi connectivity index (χ2n) is 6.19. The number of ether oxygens (including phenoxy) is 1. The van der Waals surface area contributed by atoms with Crippen molar-refractivity contribution in [1.29, 1.82) is 0 Å². The van der Waals surface area contributed by atoms with Gasteiger partial charge in [0.2, 0.25) is 0 Å². The molecule has 2 aliphatic rings. The van der Waals surface area contributed by atoms with Crippen molar-refractivity contribution in [3.8, 4) is 0 Å². The van der Waals surface area contributed by atoms with Crippen LogP contribution in [-0.4, -0.2) is 49.8 Å². The Bertz CT molecular complexity index is 225. The van der Waals surface area contributed by atoms with E-state index in [4.69, 9.17) is 4.74 Å². The Hall–Kier alpha value is -0.120. The van der Waals surface area contributed by atoms with Crippen LogP contribution in [0, 0.1) is 5.92 Å². The molecule has 0 unspecified atom stereocenters. The topological polar surface area (TPSA) is 24.5 Å². The molecule has 18 heavy (non-hydrogen) atoms. The zero-order valence-corrected chi connectivity index (χ0v) is 12.2. The Morgan fingerprint density at radius 1 is 1.17 bits per heavy atom. The summed E-state index contributed by atoms with van der Waals surface area (Å²) in [5.74, 6) is 1.03. The summed E-state index contributed by atoms with van der Waals surface area (Å²) in [7, 11) is 0. The van der Waals surface area contributed by atoms with E-state index in [9.17, 15) is 0 Å². The van der Waals surface area contributed by atoms with Crippen molar-refractivity contribution in [2.24, 2.45) is 5.92 Å². The molecule has 2 rings (SSSR count). The van der Waals surface area contributed by atoms with Crippen LogP contribution in [-0.2, 0) is 4.74 Å². The van der Waals surface area contributed by atoms with Crippen LogP contribution in [0.2, 0.25) is 0 Å². The van der Waals surface area contributed by atoms with Gasteiger partial charge in [0.1, 0.15) is 0 Å². The van der Waals surface area contributed by atoms with E-state index in [-0.39, 0.29) is 0 Å². The van der Waals surface area contributed by atoms with E-state index >= 15 is 0 Å². The van der Waals surface area contributed by atoms with Crippen molar-refractivity contribution in [3.05, 3.63) is 0 Å². The molecule has 0 aliphatic heterocycles. The van der Waals surface area contributed by atoms with Crippen LogP contribution in [0.25, 0.3) is 0 Å². The molecule has 3 heteroatoms. The van der Waals surface area contributed by atoms with Crippen LogP contribution in [0.5, 0.6) is 0 Å². The van der Waals surface area contributed by atoms with E-state index in [0.29, 0.717) is 6.10 Å². The summed E-state index contributed by atoms with van der Waals surface area (Å²) in [5.41, 5.74) is 0. The highest BCUT2D eigenvalue weighted by molar-refractivity contribution is 4.88. The minimum Gasteiger partial charge on any atom is -0.379 e. The van der Waals surface area contributed by atoms with E-state index in [1.54, 1.807) is 0 Å². The lowest BCUT2D eigenvalue weighted by molar-refractivity contribution is 0.0770. The van der Waals surface area contributed by atoms with Gasteiger partial charge in [-0.2, -0.15) is 0 Å². The standard InChI is InChI=1S/C15H30N2O/c1-13(2)18-11-3-8-16-9-10-17(15-6-7-15)12-14-4-5-14/h13-16H,3-12H2,1-2H3. The zero-order chi connectivity index (χ0) is 12.8. The van der Waals surface area contributed by atoms with E-state index in [2.05, 4.69) is 24.1 Å². The van der Waals surface area contributed by atoms with Gasteiger partial charge in [-0.3, -0.25) is 4.90 Å². The minimum absolute atomic E-state index is 0.369. The lowest BCUT2D eigenvalue weighted by Gasteiger charge is -2.22. The van der Waals surface area contributed by atoms with Crippen molar-refractivity contribution in [2.45, 2.75) is 58.1 Å². The Morgan fingerprint density at radius 2 is 1.94 bits per heavy atom. The second kappa shape index (κ2) is 7.46. The van der Waals surface area contributed by atoms with E-state index < -0.39 is 0 Å². The first-order valence-electron chi connectivity index (χ1n) is 7.82. The van der Waals surface area contributed by atoms with Gasteiger partial charge in [0, 0.05) is 32.3 Å². The van der Waals surface area contributed by atoms with Crippen LogP contribution in [0.4, 0.5) is 0 Å². The quantitative estimate of drug-likeness (QED) is 0.572. The van der Waals surface area contributed by atoms with Crippen LogP contribution < -0.4 is 5.32 Å². The number of nitrogens with zero attached hydrogens (tertiary/aromatic N) is 1. The van der Waals surface area contributed by atoms with Gasteiger partial charge in [-0.15, -0.1) is 0 Å². The molecule has 2 saturated carbocycles. The summed E-state index contributed by atoms with van der Waals surface area (Å²) >= 11 is 0. The maximum Gasteiger partial charge on any atom is 0.0518 e. The molecule has 0 atom stereocenters. The summed E-state index contributed by atoms with van der Waals surface area (Å²) in [6.07, 6.45) is 7.33. The molecule has 0 saturated heterocycles. The lowest BCUT2D eigenvalue weighted by Crippen LogP contribution is -2.35. The van der Waals surface area contributed by atoms with Gasteiger partial charge in [-0.05, 0) is 58.4 Å². The molecule has 0 spiro atoms. The second-order valence-corrected chi connectivity index (χ2v) is 6.19. The molecular weight excluding hydrogens is 224 g/mol. The van der Waals surface area contributed by atoms with Crippen LogP contribution >= 0.6 is 0 Å². The predicted octanol–water partition coefficient (Wildman–Crippen LogP) is 2.27. The van der Waals surface area contributed by atoms with Crippen molar-refractivity contribution < 1.29 is 4.74 Å². The molecule has 0 heterocycles. The van der Waals surface area contributed by atoms with Gasteiger partial charge in [0.15, 0.2) is 0 Å². The molecule has 2 fully saturated rings. The maximum atomic E-state index is 5.53. The first-order chi connectivity index (χ1) is 8.75. The molecule has 3 nitrogen and oxygen atoms in total. The Balaban J connectivity index is 1.43. The Labute approximate surface area is 112 Å². The van der Waals surface area contributed by atoms with Crippen molar-refractivity contribution >= 4 is 0 Å². The fourth-order valence-electron chi connectivity index (χ4n) is 2.36. The van der Waals surface area contributed by atoms with Crippen LogP contribution in [0.3, 0.4) is 0 Å². The fourth-order valence-corrected chi connectivity index (χ4v) is 2.36. The summed E-state index contributed by atoms with van der Waals surface area (Å²) in [6.45, 7) is 9.92. The average molecular weight is 254 g/mol. The van der Waals surface area contributed by atoms with Gasteiger partial charge in [-0.1, -0.05) is 0 Å². The molecule has 2 aliphatic carbocycles. The third kappa shape index (κ3) is 6.17. The molecule has 0 aromatic rings. The van der Waals surface area contributed by atoms with Gasteiger partial charge in [0.25, 0.3) is 0 Å². The minimum atomic E-state index is 0.369. The number of hydrogen-bond acceptors (Lipinski definition) is 3. The molecular formula is C15H30N2O. The predicted molar refractivity (Wildman–Crippen MR) is 75.9 cm³/mol. The summed E-state index contributed by atoms with van der Waals surface area (Å²) < 4.78 is 5.53. The molecule has 0 aromatic heterocycles. The molecule has 0 bridgehead atoms. The van der Waals surface area contributed by atoms with Gasteiger partial charge in [0.05, 0.1) is 6.10 Å². The van der Waals surface area contributed by atoms with Crippen molar-refractivity contribution in [2.75, 3.05) is 32.8 Å². The Morgan fingerprint density at radius 3 is 2.56 bits per heavy atom. The summed E-state index contributed by atoms with van der Waals surface area (Å²) in [5, 5.41) is 3.54. The van der Waals surface area contributed by atoms with Crippen molar-refractivity contribution in [3.63, 3.8) is 0 Å². The fraction of sp³-hybridized carbons (Fsp3) is 1.00. The molecule has 0 aromatic carbocycles. The maximum absolute atomic E-state index is 5.53. The largest absolute Gasteiger partial charge is 0.379 e. The number of nitrogens with one attached hydrogen (secondary N) is 1. The first kappa shape index (κ1) is 14.3. The summed E-state index contributed by atoms with van der Waals surface area (Å²) in [6, 6.07) is 0.927. The van der Waals surface area contributed by atoms with Gasteiger partial charge < -0.3 is 10.1 Å². The molecule has 0 radical (unpaired) electrons. The van der Waals surface area contributed by atoms with Gasteiger partial charge >= 0.3 is 0 Å².